The van der Waals surface area contributed by atoms with E-state index in [9.17, 15) is 27.1 Å². The number of rotatable bonds is 11. The summed E-state index contributed by atoms with van der Waals surface area (Å²) in [6, 6.07) is 15.9. The second-order valence-electron chi connectivity index (χ2n) is 9.03. The minimum absolute atomic E-state index is 0.00301. The third kappa shape index (κ3) is 8.63. The maximum atomic E-state index is 13.6. The van der Waals surface area contributed by atoms with Gasteiger partial charge >= 0.3 is 0 Å². The van der Waals surface area contributed by atoms with E-state index >= 15 is 0 Å². The van der Waals surface area contributed by atoms with Crippen molar-refractivity contribution in [2.24, 2.45) is 5.73 Å². The van der Waals surface area contributed by atoms with E-state index < -0.39 is 39.7 Å². The summed E-state index contributed by atoms with van der Waals surface area (Å²) in [4.78, 5) is 14.9. The molecular weight excluding hydrogens is 500 g/mol. The van der Waals surface area contributed by atoms with Crippen molar-refractivity contribution in [1.82, 2.24) is 4.90 Å². The molecule has 4 N–H and O–H groups in total. The van der Waals surface area contributed by atoms with Crippen molar-refractivity contribution < 1.29 is 27.1 Å². The smallest absolute Gasteiger partial charge is 0.254 e. The quantitative estimate of drug-likeness (QED) is 0.351. The van der Waals surface area contributed by atoms with Gasteiger partial charge in [0.1, 0.15) is 11.6 Å². The number of amides is 1. The number of benzene rings is 3. The molecular formula is C27H31F2N3O4S. The van der Waals surface area contributed by atoms with Gasteiger partial charge in [-0.05, 0) is 59.9 Å². The predicted molar refractivity (Wildman–Crippen MR) is 140 cm³/mol. The highest BCUT2D eigenvalue weighted by molar-refractivity contribution is 7.92. The molecule has 37 heavy (non-hydrogen) atoms. The Hall–Kier alpha value is -3.34. The van der Waals surface area contributed by atoms with Gasteiger partial charge in [-0.3, -0.25) is 9.52 Å². The van der Waals surface area contributed by atoms with Gasteiger partial charge in [0.25, 0.3) is 5.91 Å². The summed E-state index contributed by atoms with van der Waals surface area (Å²) in [7, 11) is -3.55. The molecule has 2 unspecified atom stereocenters. The zero-order valence-corrected chi connectivity index (χ0v) is 21.5. The first-order valence-corrected chi connectivity index (χ1v) is 13.7. The summed E-state index contributed by atoms with van der Waals surface area (Å²) in [5, 5.41) is 10.9. The molecule has 3 aromatic rings. The number of anilines is 1. The largest absolute Gasteiger partial charge is 0.390 e. The van der Waals surface area contributed by atoms with Crippen molar-refractivity contribution in [1.29, 1.82) is 0 Å². The van der Waals surface area contributed by atoms with Crippen molar-refractivity contribution >= 4 is 21.6 Å². The molecule has 198 valence electrons. The zero-order valence-electron chi connectivity index (χ0n) is 20.7. The molecule has 0 heterocycles. The first-order valence-electron chi connectivity index (χ1n) is 11.8. The molecule has 3 rings (SSSR count). The van der Waals surface area contributed by atoms with Gasteiger partial charge in [-0.25, -0.2) is 17.2 Å². The van der Waals surface area contributed by atoms with Gasteiger partial charge in [0.2, 0.25) is 10.0 Å². The fourth-order valence-electron chi connectivity index (χ4n) is 4.00. The predicted octanol–water partition coefficient (Wildman–Crippen LogP) is 3.47. The van der Waals surface area contributed by atoms with E-state index in [0.717, 1.165) is 42.0 Å². The van der Waals surface area contributed by atoms with Crippen LogP contribution in [0.25, 0.3) is 0 Å². The van der Waals surface area contributed by atoms with Crippen molar-refractivity contribution in [2.45, 2.75) is 38.5 Å². The highest BCUT2D eigenvalue weighted by Crippen LogP contribution is 2.18. The average molecular weight is 532 g/mol. The van der Waals surface area contributed by atoms with E-state index in [1.807, 2.05) is 31.2 Å². The Morgan fingerprint density at radius 1 is 1.00 bits per heavy atom. The first-order chi connectivity index (χ1) is 17.4. The number of hydrogen-bond donors (Lipinski definition) is 3. The number of aliphatic hydroxyl groups excluding tert-OH is 1. The van der Waals surface area contributed by atoms with Gasteiger partial charge in [-0.15, -0.1) is 0 Å². The number of aliphatic hydroxyl groups is 1. The Bertz CT molecular complexity index is 1330. The number of aryl methyl sites for hydroxylation is 1. The molecule has 0 saturated heterocycles. The SMILES string of the molecule is CCc1cccc(CN(CC(O)C(N)Cc2cc(F)cc(F)c2)C(=O)c2cccc(NS(C)(=O)=O)c2)c1. The Labute approximate surface area is 216 Å². The topological polar surface area (TPSA) is 113 Å². The molecule has 1 amide bonds. The third-order valence-corrected chi connectivity index (χ3v) is 6.37. The van der Waals surface area contributed by atoms with Crippen LogP contribution in [0.15, 0.2) is 66.7 Å². The molecule has 0 bridgehead atoms. The van der Waals surface area contributed by atoms with Crippen LogP contribution in [0.1, 0.15) is 34.0 Å². The highest BCUT2D eigenvalue weighted by Gasteiger charge is 2.24. The van der Waals surface area contributed by atoms with Gasteiger partial charge in [-0.1, -0.05) is 37.3 Å². The summed E-state index contributed by atoms with van der Waals surface area (Å²) in [5.41, 5.74) is 8.81. The van der Waals surface area contributed by atoms with Gasteiger partial charge in [0, 0.05) is 36.4 Å². The molecule has 0 fully saturated rings. The second kappa shape index (κ2) is 12.3. The minimum Gasteiger partial charge on any atom is -0.390 e. The molecule has 0 aliphatic rings. The van der Waals surface area contributed by atoms with Crippen molar-refractivity contribution in [3.05, 3.63) is 101 Å². The molecule has 0 aliphatic heterocycles. The lowest BCUT2D eigenvalue weighted by Crippen LogP contribution is -2.46. The molecule has 0 radical (unpaired) electrons. The Morgan fingerprint density at radius 2 is 1.65 bits per heavy atom. The van der Waals surface area contributed by atoms with Gasteiger partial charge in [-0.2, -0.15) is 0 Å². The molecule has 7 nitrogen and oxygen atoms in total. The van der Waals surface area contributed by atoms with E-state index in [4.69, 9.17) is 5.73 Å². The average Bonchev–Trinajstić information content (AvgIpc) is 2.81. The summed E-state index contributed by atoms with van der Waals surface area (Å²) in [5.74, 6) is -1.93. The number of nitrogens with zero attached hydrogens (tertiary/aromatic N) is 1. The first kappa shape index (κ1) is 28.2. The summed E-state index contributed by atoms with van der Waals surface area (Å²) in [6.07, 6.45) is 0.605. The van der Waals surface area contributed by atoms with E-state index in [-0.39, 0.29) is 36.3 Å². The molecule has 2 atom stereocenters. The number of carbonyl (C=O) groups excluding carboxylic acids is 1. The van der Waals surface area contributed by atoms with Crippen LogP contribution in [0.3, 0.4) is 0 Å². The zero-order chi connectivity index (χ0) is 27.2. The van der Waals surface area contributed by atoms with Crippen molar-refractivity contribution in [2.75, 3.05) is 17.5 Å². The lowest BCUT2D eigenvalue weighted by Gasteiger charge is -2.29. The Kier molecular flexibility index (Phi) is 9.36. The number of nitrogens with two attached hydrogens (primary N) is 1. The molecule has 0 aromatic heterocycles. The Morgan fingerprint density at radius 3 is 2.30 bits per heavy atom. The van der Waals surface area contributed by atoms with E-state index in [1.165, 1.54) is 17.0 Å². The van der Waals surface area contributed by atoms with Crippen LogP contribution in [-0.4, -0.2) is 49.3 Å². The maximum Gasteiger partial charge on any atom is 0.254 e. The van der Waals surface area contributed by atoms with Crippen LogP contribution >= 0.6 is 0 Å². The van der Waals surface area contributed by atoms with Crippen LogP contribution < -0.4 is 10.5 Å². The van der Waals surface area contributed by atoms with Crippen LogP contribution in [-0.2, 0) is 29.4 Å². The highest BCUT2D eigenvalue weighted by atomic mass is 32.2. The van der Waals surface area contributed by atoms with Crippen LogP contribution in [0.5, 0.6) is 0 Å². The standard InChI is InChI=1S/C27H31F2N3O4S/c1-3-18-6-4-7-19(10-18)16-32(27(34)21-8-5-9-24(14-21)31-37(2,35)36)17-26(33)25(30)13-20-11-22(28)15-23(29)12-20/h4-12,14-15,25-26,31,33H,3,13,16-17,30H2,1-2H3. The summed E-state index contributed by atoms with van der Waals surface area (Å²) < 4.78 is 52.8. The number of hydrogen-bond acceptors (Lipinski definition) is 5. The maximum absolute atomic E-state index is 13.6. The molecule has 0 aliphatic carbocycles. The van der Waals surface area contributed by atoms with Crippen LogP contribution in [0.4, 0.5) is 14.5 Å². The number of carbonyl (C=O) groups is 1. The monoisotopic (exact) mass is 531 g/mol. The molecule has 10 heteroatoms. The summed E-state index contributed by atoms with van der Waals surface area (Å²) in [6.45, 7) is 2.02. The third-order valence-electron chi connectivity index (χ3n) is 5.77. The minimum atomic E-state index is -3.55. The van der Waals surface area contributed by atoms with Crippen LogP contribution in [0.2, 0.25) is 0 Å². The van der Waals surface area contributed by atoms with E-state index in [0.29, 0.717) is 0 Å². The Balaban J connectivity index is 1.85. The van der Waals surface area contributed by atoms with E-state index in [1.54, 1.807) is 12.1 Å². The normalized spacial score (nSPS) is 13.1. The van der Waals surface area contributed by atoms with Crippen molar-refractivity contribution in [3.63, 3.8) is 0 Å². The lowest BCUT2D eigenvalue weighted by molar-refractivity contribution is 0.0554. The number of halogens is 2. The molecule has 0 saturated carbocycles. The van der Waals surface area contributed by atoms with Crippen LogP contribution in [0, 0.1) is 11.6 Å². The van der Waals surface area contributed by atoms with E-state index in [2.05, 4.69) is 4.72 Å². The lowest BCUT2D eigenvalue weighted by atomic mass is 10.0. The van der Waals surface area contributed by atoms with Crippen molar-refractivity contribution in [3.8, 4) is 0 Å². The van der Waals surface area contributed by atoms with Gasteiger partial charge in [0.05, 0.1) is 12.4 Å². The number of nitrogens with one attached hydrogen (secondary N) is 1. The fourth-order valence-corrected chi connectivity index (χ4v) is 4.55. The second-order valence-corrected chi connectivity index (χ2v) is 10.8. The van der Waals surface area contributed by atoms with Gasteiger partial charge < -0.3 is 15.7 Å². The number of sulfonamides is 1. The van der Waals surface area contributed by atoms with Gasteiger partial charge in [0.15, 0.2) is 0 Å². The molecule has 3 aromatic carbocycles. The fraction of sp³-hybridized carbons (Fsp3) is 0.296. The molecule has 0 spiro atoms. The summed E-state index contributed by atoms with van der Waals surface area (Å²) >= 11 is 0.